The number of halogens is 1. The summed E-state index contributed by atoms with van der Waals surface area (Å²) in [7, 11) is 0. The predicted octanol–water partition coefficient (Wildman–Crippen LogP) is 1.72. The molecule has 1 N–H and O–H groups in total. The predicted molar refractivity (Wildman–Crippen MR) is 45.2 cm³/mol. The molecule has 13 heavy (non-hydrogen) atoms. The van der Waals surface area contributed by atoms with Crippen molar-refractivity contribution in [3.8, 4) is 11.4 Å². The highest BCUT2D eigenvalue weighted by Gasteiger charge is 2.00. The Hall–Kier alpha value is -1.84. The van der Waals surface area contributed by atoms with Gasteiger partial charge in [0, 0.05) is 24.5 Å². The van der Waals surface area contributed by atoms with Gasteiger partial charge in [-0.15, -0.1) is 0 Å². The third-order valence-electron chi connectivity index (χ3n) is 1.64. The first-order chi connectivity index (χ1) is 6.25. The first kappa shape index (κ1) is 7.79. The Morgan fingerprint density at radius 1 is 1.31 bits per heavy atom. The van der Waals surface area contributed by atoms with E-state index >= 15 is 0 Å². The summed E-state index contributed by atoms with van der Waals surface area (Å²) in [5, 5.41) is 13.0. The maximum atomic E-state index is 12.8. The van der Waals surface area contributed by atoms with Crippen LogP contribution in [-0.2, 0) is 0 Å². The summed E-state index contributed by atoms with van der Waals surface area (Å²) < 4.78 is 14.3. The summed E-state index contributed by atoms with van der Waals surface area (Å²) in [6, 6.07) is 5.51. The summed E-state index contributed by atoms with van der Waals surface area (Å²) in [4.78, 5) is 0. The number of benzene rings is 1. The van der Waals surface area contributed by atoms with Crippen molar-refractivity contribution in [3.63, 3.8) is 0 Å². The van der Waals surface area contributed by atoms with Gasteiger partial charge >= 0.3 is 0 Å². The van der Waals surface area contributed by atoms with Crippen molar-refractivity contribution in [2.75, 3.05) is 0 Å². The Morgan fingerprint density at radius 2 is 2.15 bits per heavy atom. The molecular weight excluding hydrogens is 171 g/mol. The molecular formula is C9H7FN2O. The number of rotatable bonds is 1. The van der Waals surface area contributed by atoms with Crippen molar-refractivity contribution >= 4 is 0 Å². The molecule has 0 aliphatic carbocycles. The van der Waals surface area contributed by atoms with E-state index in [1.54, 1.807) is 18.5 Å². The monoisotopic (exact) mass is 178 g/mol. The zero-order valence-electron chi connectivity index (χ0n) is 6.68. The van der Waals surface area contributed by atoms with Crippen molar-refractivity contribution in [2.45, 2.75) is 0 Å². The minimum Gasteiger partial charge on any atom is -0.508 e. The molecule has 0 fully saturated rings. The second-order valence-electron chi connectivity index (χ2n) is 2.62. The highest BCUT2D eigenvalue weighted by Crippen LogP contribution is 2.16. The van der Waals surface area contributed by atoms with Crippen LogP contribution in [0.25, 0.3) is 5.69 Å². The van der Waals surface area contributed by atoms with Crippen LogP contribution >= 0.6 is 0 Å². The first-order valence-corrected chi connectivity index (χ1v) is 3.75. The van der Waals surface area contributed by atoms with E-state index in [1.807, 2.05) is 0 Å². The van der Waals surface area contributed by atoms with Gasteiger partial charge in [0.15, 0.2) is 0 Å². The molecule has 2 rings (SSSR count). The number of phenols is 1. The number of hydrogen-bond acceptors (Lipinski definition) is 2. The van der Waals surface area contributed by atoms with Gasteiger partial charge in [-0.05, 0) is 12.1 Å². The summed E-state index contributed by atoms with van der Waals surface area (Å²) in [5.41, 5.74) is 0.502. The molecule has 0 saturated heterocycles. The van der Waals surface area contributed by atoms with E-state index < -0.39 is 5.82 Å². The lowest BCUT2D eigenvalue weighted by molar-refractivity contribution is 0.468. The fraction of sp³-hybridized carbons (Fsp3) is 0. The van der Waals surface area contributed by atoms with Gasteiger partial charge in [0.1, 0.15) is 11.6 Å². The molecule has 1 aromatic heterocycles. The molecule has 0 saturated carbocycles. The molecule has 0 atom stereocenters. The topological polar surface area (TPSA) is 38.0 Å². The van der Waals surface area contributed by atoms with Crippen LogP contribution in [0.15, 0.2) is 36.7 Å². The average Bonchev–Trinajstić information content (AvgIpc) is 2.53. The zero-order chi connectivity index (χ0) is 9.26. The molecule has 0 aliphatic rings. The quantitative estimate of drug-likeness (QED) is 0.721. The first-order valence-electron chi connectivity index (χ1n) is 3.75. The Balaban J connectivity index is 2.53. The molecule has 4 heteroatoms. The lowest BCUT2D eigenvalue weighted by Crippen LogP contribution is -1.94. The summed E-state index contributed by atoms with van der Waals surface area (Å²) in [5.74, 6) is -0.587. The second kappa shape index (κ2) is 2.90. The molecule has 0 amide bonds. The summed E-state index contributed by atoms with van der Waals surface area (Å²) in [6.07, 6.45) is 3.26. The highest BCUT2D eigenvalue weighted by atomic mass is 19.1. The normalized spacial score (nSPS) is 10.2. The number of nitrogens with zero attached hydrogens (tertiary/aromatic N) is 2. The van der Waals surface area contributed by atoms with Crippen molar-refractivity contribution in [2.24, 2.45) is 0 Å². The van der Waals surface area contributed by atoms with E-state index in [9.17, 15) is 4.39 Å². The van der Waals surface area contributed by atoms with Gasteiger partial charge < -0.3 is 5.11 Å². The molecule has 3 nitrogen and oxygen atoms in total. The van der Waals surface area contributed by atoms with Gasteiger partial charge in [0.25, 0.3) is 0 Å². The van der Waals surface area contributed by atoms with Crippen LogP contribution in [-0.4, -0.2) is 14.9 Å². The van der Waals surface area contributed by atoms with Crippen LogP contribution in [0, 0.1) is 5.82 Å². The zero-order valence-corrected chi connectivity index (χ0v) is 6.68. The number of aromatic nitrogens is 2. The van der Waals surface area contributed by atoms with Crippen LogP contribution in [0.3, 0.4) is 0 Å². The number of phenolic OH excluding ortho intramolecular Hbond substituents is 1. The maximum Gasteiger partial charge on any atom is 0.129 e. The Morgan fingerprint density at radius 3 is 2.77 bits per heavy atom. The smallest absolute Gasteiger partial charge is 0.129 e. The molecule has 0 bridgehead atoms. The molecule has 1 aromatic carbocycles. The standard InChI is InChI=1S/C9H7FN2O/c10-7-4-8(6-9(13)5-7)12-3-1-2-11-12/h1-6,13H. The minimum atomic E-state index is -0.481. The van der Waals surface area contributed by atoms with Gasteiger partial charge in [-0.1, -0.05) is 0 Å². The van der Waals surface area contributed by atoms with E-state index in [0.29, 0.717) is 5.69 Å². The van der Waals surface area contributed by atoms with Crippen LogP contribution in [0.4, 0.5) is 4.39 Å². The summed E-state index contributed by atoms with van der Waals surface area (Å²) >= 11 is 0. The molecule has 0 unspecified atom stereocenters. The van der Waals surface area contributed by atoms with E-state index in [-0.39, 0.29) is 5.75 Å². The van der Waals surface area contributed by atoms with E-state index in [0.717, 1.165) is 6.07 Å². The van der Waals surface area contributed by atoms with E-state index in [2.05, 4.69) is 5.10 Å². The lowest BCUT2D eigenvalue weighted by Gasteiger charge is -2.01. The number of hydrogen-bond donors (Lipinski definition) is 1. The van der Waals surface area contributed by atoms with Crippen molar-refractivity contribution < 1.29 is 9.50 Å². The molecule has 1 heterocycles. The summed E-state index contributed by atoms with van der Waals surface area (Å²) in [6.45, 7) is 0. The molecule has 0 radical (unpaired) electrons. The highest BCUT2D eigenvalue weighted by molar-refractivity contribution is 5.38. The molecule has 0 spiro atoms. The molecule has 0 aliphatic heterocycles. The van der Waals surface area contributed by atoms with Crippen LogP contribution < -0.4 is 0 Å². The van der Waals surface area contributed by atoms with Gasteiger partial charge in [0.2, 0.25) is 0 Å². The minimum absolute atomic E-state index is 0.106. The molecule has 66 valence electrons. The van der Waals surface area contributed by atoms with Crippen LogP contribution in [0.2, 0.25) is 0 Å². The van der Waals surface area contributed by atoms with Gasteiger partial charge in [0.05, 0.1) is 5.69 Å². The third-order valence-corrected chi connectivity index (χ3v) is 1.64. The Kier molecular flexibility index (Phi) is 1.73. The van der Waals surface area contributed by atoms with E-state index in [4.69, 9.17) is 5.11 Å². The van der Waals surface area contributed by atoms with Crippen LogP contribution in [0.5, 0.6) is 5.75 Å². The maximum absolute atomic E-state index is 12.8. The second-order valence-corrected chi connectivity index (χ2v) is 2.62. The largest absolute Gasteiger partial charge is 0.508 e. The molecule has 2 aromatic rings. The van der Waals surface area contributed by atoms with Gasteiger partial charge in [-0.3, -0.25) is 0 Å². The van der Waals surface area contributed by atoms with Crippen molar-refractivity contribution in [1.29, 1.82) is 0 Å². The van der Waals surface area contributed by atoms with Crippen LogP contribution in [0.1, 0.15) is 0 Å². The van der Waals surface area contributed by atoms with Gasteiger partial charge in [-0.2, -0.15) is 5.10 Å². The number of aromatic hydroxyl groups is 1. The lowest BCUT2D eigenvalue weighted by atomic mass is 10.3. The SMILES string of the molecule is Oc1cc(F)cc(-n2cccn2)c1. The average molecular weight is 178 g/mol. The Bertz CT molecular complexity index is 391. The fourth-order valence-corrected chi connectivity index (χ4v) is 1.11. The third kappa shape index (κ3) is 1.51. The van der Waals surface area contributed by atoms with Crippen molar-refractivity contribution in [3.05, 3.63) is 42.5 Å². The Labute approximate surface area is 74.1 Å². The van der Waals surface area contributed by atoms with E-state index in [1.165, 1.54) is 16.8 Å². The van der Waals surface area contributed by atoms with Crippen molar-refractivity contribution in [1.82, 2.24) is 9.78 Å². The fourth-order valence-electron chi connectivity index (χ4n) is 1.11. The van der Waals surface area contributed by atoms with Gasteiger partial charge in [-0.25, -0.2) is 9.07 Å².